The van der Waals surface area contributed by atoms with Crippen LogP contribution in [-0.4, -0.2) is 63.2 Å². The van der Waals surface area contributed by atoms with Crippen LogP contribution in [0.3, 0.4) is 0 Å². The summed E-state index contributed by atoms with van der Waals surface area (Å²) < 4.78 is 5.31. The van der Waals surface area contributed by atoms with Crippen LogP contribution in [0, 0.1) is 0 Å². The second kappa shape index (κ2) is 12.1. The molecule has 1 atom stereocenters. The molecule has 0 amide bonds. The number of hydrogen-bond acceptors (Lipinski definition) is 4. The maximum atomic E-state index is 5.31. The van der Waals surface area contributed by atoms with Crippen LogP contribution in [0.2, 0.25) is 0 Å². The minimum absolute atomic E-state index is 0.353. The van der Waals surface area contributed by atoms with E-state index in [9.17, 15) is 0 Å². The van der Waals surface area contributed by atoms with Gasteiger partial charge in [0.2, 0.25) is 0 Å². The van der Waals surface area contributed by atoms with E-state index in [0.29, 0.717) is 6.04 Å². The highest BCUT2D eigenvalue weighted by Crippen LogP contribution is 2.25. The number of ether oxygens (including phenoxy) is 1. The lowest BCUT2D eigenvalue weighted by Gasteiger charge is -2.35. The van der Waals surface area contributed by atoms with Crippen molar-refractivity contribution in [2.24, 2.45) is 4.99 Å². The van der Waals surface area contributed by atoms with Crippen LogP contribution in [0.25, 0.3) is 0 Å². The van der Waals surface area contributed by atoms with E-state index < -0.39 is 0 Å². The van der Waals surface area contributed by atoms with Gasteiger partial charge in [-0.2, -0.15) is 11.8 Å². The smallest absolute Gasteiger partial charge is 0.191 e. The number of nitrogens with one attached hydrogen (secondary N) is 2. The molecule has 1 aromatic carbocycles. The quantitative estimate of drug-likeness (QED) is 0.393. The predicted molar refractivity (Wildman–Crippen MR) is 114 cm³/mol. The number of thioether (sulfide) groups is 1. The first-order valence-corrected chi connectivity index (χ1v) is 11.0. The number of guanidine groups is 1. The largest absolute Gasteiger partial charge is 0.497 e. The van der Waals surface area contributed by atoms with Crippen molar-refractivity contribution in [3.63, 3.8) is 0 Å². The molecular weight excluding hydrogens is 344 g/mol. The van der Waals surface area contributed by atoms with Gasteiger partial charge in [-0.05, 0) is 62.1 Å². The molecule has 26 heavy (non-hydrogen) atoms. The summed E-state index contributed by atoms with van der Waals surface area (Å²) >= 11 is 1.88. The van der Waals surface area contributed by atoms with E-state index in [1.807, 2.05) is 18.8 Å². The number of likely N-dealkylation sites (tertiary alicyclic amines) is 1. The lowest BCUT2D eigenvalue weighted by atomic mass is 10.0. The molecule has 1 fully saturated rings. The normalized spacial score (nSPS) is 17.0. The molecule has 1 saturated heterocycles. The SMILES string of the molecule is CN=C(NCCCSC)NCC(c1ccc(OC)cc1)N1CCCCC1. The van der Waals surface area contributed by atoms with Gasteiger partial charge in [0.25, 0.3) is 0 Å². The Hall–Kier alpha value is -1.40. The Morgan fingerprint density at radius 3 is 2.54 bits per heavy atom. The van der Waals surface area contributed by atoms with Crippen molar-refractivity contribution in [3.05, 3.63) is 29.8 Å². The third-order valence-corrected chi connectivity index (χ3v) is 5.53. The molecule has 1 aromatic rings. The molecular formula is C20H34N4OS. The number of aliphatic imine (C=N–C) groups is 1. The summed E-state index contributed by atoms with van der Waals surface area (Å²) in [6, 6.07) is 8.85. The van der Waals surface area contributed by atoms with Crippen molar-refractivity contribution in [2.45, 2.75) is 31.7 Å². The standard InChI is InChI=1S/C20H34N4OS/c1-21-20(22-12-7-15-26-3)23-16-19(24-13-5-4-6-14-24)17-8-10-18(25-2)11-9-17/h8-11,19H,4-7,12-16H2,1-3H3,(H2,21,22,23). The number of nitrogens with zero attached hydrogens (tertiary/aromatic N) is 2. The molecule has 1 unspecified atom stereocenters. The van der Waals surface area contributed by atoms with Gasteiger partial charge in [0.05, 0.1) is 13.2 Å². The Morgan fingerprint density at radius 2 is 1.92 bits per heavy atom. The van der Waals surface area contributed by atoms with Gasteiger partial charge in [0.1, 0.15) is 5.75 Å². The zero-order valence-electron chi connectivity index (χ0n) is 16.5. The molecule has 0 aromatic heterocycles. The van der Waals surface area contributed by atoms with Crippen LogP contribution in [0.15, 0.2) is 29.3 Å². The molecule has 6 heteroatoms. The summed E-state index contributed by atoms with van der Waals surface area (Å²) in [6.45, 7) is 4.14. The highest BCUT2D eigenvalue weighted by Gasteiger charge is 2.22. The van der Waals surface area contributed by atoms with E-state index in [-0.39, 0.29) is 0 Å². The molecule has 0 saturated carbocycles. The van der Waals surface area contributed by atoms with Crippen LogP contribution in [0.5, 0.6) is 5.75 Å². The molecule has 0 bridgehead atoms. The van der Waals surface area contributed by atoms with E-state index in [1.165, 1.54) is 30.6 Å². The van der Waals surface area contributed by atoms with Crippen LogP contribution < -0.4 is 15.4 Å². The van der Waals surface area contributed by atoms with E-state index in [0.717, 1.165) is 44.3 Å². The van der Waals surface area contributed by atoms with Crippen molar-refractivity contribution in [1.29, 1.82) is 0 Å². The molecule has 146 valence electrons. The summed E-state index contributed by atoms with van der Waals surface area (Å²) in [4.78, 5) is 6.97. The summed E-state index contributed by atoms with van der Waals surface area (Å²) in [7, 11) is 3.55. The van der Waals surface area contributed by atoms with Crippen molar-refractivity contribution in [2.75, 3.05) is 52.3 Å². The third kappa shape index (κ3) is 6.72. The first kappa shape index (κ1) is 20.9. The van der Waals surface area contributed by atoms with Gasteiger partial charge >= 0.3 is 0 Å². The predicted octanol–water partition coefficient (Wildman–Crippen LogP) is 3.14. The molecule has 2 N–H and O–H groups in total. The summed E-state index contributed by atoms with van der Waals surface area (Å²) in [5.41, 5.74) is 1.33. The van der Waals surface area contributed by atoms with Crippen molar-refractivity contribution >= 4 is 17.7 Å². The lowest BCUT2D eigenvalue weighted by molar-refractivity contribution is 0.164. The second-order valence-electron chi connectivity index (χ2n) is 6.61. The summed E-state index contributed by atoms with van der Waals surface area (Å²) in [5.74, 6) is 2.97. The van der Waals surface area contributed by atoms with Gasteiger partial charge in [-0.15, -0.1) is 0 Å². The minimum Gasteiger partial charge on any atom is -0.497 e. The Morgan fingerprint density at radius 1 is 1.19 bits per heavy atom. The van der Waals surface area contributed by atoms with Gasteiger partial charge in [-0.1, -0.05) is 18.6 Å². The van der Waals surface area contributed by atoms with Crippen LogP contribution in [-0.2, 0) is 0 Å². The number of hydrogen-bond donors (Lipinski definition) is 2. The fourth-order valence-electron chi connectivity index (χ4n) is 3.35. The van der Waals surface area contributed by atoms with Gasteiger partial charge in [0, 0.05) is 20.1 Å². The maximum absolute atomic E-state index is 5.31. The van der Waals surface area contributed by atoms with Gasteiger partial charge in [-0.25, -0.2) is 0 Å². The van der Waals surface area contributed by atoms with Gasteiger partial charge < -0.3 is 15.4 Å². The monoisotopic (exact) mass is 378 g/mol. The molecule has 1 aliphatic rings. The number of rotatable bonds is 9. The maximum Gasteiger partial charge on any atom is 0.191 e. The Balaban J connectivity index is 1.98. The Bertz CT molecular complexity index is 529. The number of piperidine rings is 1. The van der Waals surface area contributed by atoms with Gasteiger partial charge in [-0.3, -0.25) is 9.89 Å². The first-order chi connectivity index (χ1) is 12.8. The van der Waals surface area contributed by atoms with E-state index in [2.05, 4.69) is 51.0 Å². The van der Waals surface area contributed by atoms with Crippen LogP contribution >= 0.6 is 11.8 Å². The fraction of sp³-hybridized carbons (Fsp3) is 0.650. The Labute approximate surface area is 163 Å². The summed E-state index contributed by atoms with van der Waals surface area (Å²) in [6.07, 6.45) is 7.21. The zero-order chi connectivity index (χ0) is 18.6. The Kier molecular flexibility index (Phi) is 9.71. The number of methoxy groups -OCH3 is 1. The number of benzene rings is 1. The second-order valence-corrected chi connectivity index (χ2v) is 7.60. The molecule has 2 rings (SSSR count). The van der Waals surface area contributed by atoms with Crippen LogP contribution in [0.4, 0.5) is 0 Å². The summed E-state index contributed by atoms with van der Waals surface area (Å²) in [5, 5.41) is 6.95. The molecule has 5 nitrogen and oxygen atoms in total. The zero-order valence-corrected chi connectivity index (χ0v) is 17.3. The highest BCUT2D eigenvalue weighted by molar-refractivity contribution is 7.98. The van der Waals surface area contributed by atoms with Crippen molar-refractivity contribution in [1.82, 2.24) is 15.5 Å². The fourth-order valence-corrected chi connectivity index (χ4v) is 3.78. The van der Waals surface area contributed by atoms with Crippen molar-refractivity contribution < 1.29 is 4.74 Å². The first-order valence-electron chi connectivity index (χ1n) is 9.60. The molecule has 1 heterocycles. The molecule has 0 aliphatic carbocycles. The molecule has 1 aliphatic heterocycles. The molecule has 0 spiro atoms. The third-order valence-electron chi connectivity index (χ3n) is 4.84. The van der Waals surface area contributed by atoms with E-state index in [4.69, 9.17) is 4.74 Å². The van der Waals surface area contributed by atoms with E-state index >= 15 is 0 Å². The topological polar surface area (TPSA) is 48.9 Å². The minimum atomic E-state index is 0.353. The average Bonchev–Trinajstić information content (AvgIpc) is 2.71. The van der Waals surface area contributed by atoms with Gasteiger partial charge in [0.15, 0.2) is 5.96 Å². The van der Waals surface area contributed by atoms with Crippen LogP contribution in [0.1, 0.15) is 37.3 Å². The lowest BCUT2D eigenvalue weighted by Crippen LogP contribution is -2.44. The highest BCUT2D eigenvalue weighted by atomic mass is 32.2. The van der Waals surface area contributed by atoms with E-state index in [1.54, 1.807) is 7.11 Å². The average molecular weight is 379 g/mol. The van der Waals surface area contributed by atoms with Crippen molar-refractivity contribution in [3.8, 4) is 5.75 Å². The molecule has 0 radical (unpaired) electrons.